The summed E-state index contributed by atoms with van der Waals surface area (Å²) in [5, 5.41) is 37.5. The number of ether oxygens (including phenoxy) is 3. The van der Waals surface area contributed by atoms with E-state index in [9.17, 15) is 24.9 Å². The number of carbonyl (C=O) groups is 2. The maximum Gasteiger partial charge on any atom is 0.303 e. The Hall–Kier alpha value is -1.52. The number of hydrogen-bond acceptors (Lipinski definition) is 9. The second-order valence-electron chi connectivity index (χ2n) is 12.1. The summed E-state index contributed by atoms with van der Waals surface area (Å²) in [7, 11) is 1.57. The fraction of sp³-hybridized carbons (Fsp3) is 0.846. The topological polar surface area (TPSA) is 126 Å². The van der Waals surface area contributed by atoms with Crippen molar-refractivity contribution in [3.63, 3.8) is 0 Å². The van der Waals surface area contributed by atoms with Crippen molar-refractivity contribution in [2.75, 3.05) is 20.2 Å². The molecule has 4 saturated carbocycles. The Bertz CT molecular complexity index is 1000. The highest BCUT2D eigenvalue weighted by atomic mass is 16.6. The largest absolute Gasteiger partial charge is 0.462 e. The second-order valence-corrected chi connectivity index (χ2v) is 12.1. The number of esters is 2. The van der Waals surface area contributed by atoms with Crippen LogP contribution in [0.1, 0.15) is 40.5 Å². The van der Waals surface area contributed by atoms with Crippen molar-refractivity contribution < 1.29 is 39.1 Å². The molecule has 0 aromatic rings. The lowest BCUT2D eigenvalue weighted by molar-refractivity contribution is -0.309. The molecule has 194 valence electrons. The number of aliphatic hydroxyl groups excluding tert-OH is 1. The van der Waals surface area contributed by atoms with Crippen LogP contribution in [0, 0.1) is 34.5 Å². The Labute approximate surface area is 205 Å². The molecule has 1 aliphatic heterocycles. The van der Waals surface area contributed by atoms with Gasteiger partial charge in [0.25, 0.3) is 0 Å². The van der Waals surface area contributed by atoms with Gasteiger partial charge in [0.2, 0.25) is 0 Å². The van der Waals surface area contributed by atoms with E-state index in [0.29, 0.717) is 19.5 Å². The Kier molecular flexibility index (Phi) is 4.82. The van der Waals surface area contributed by atoms with Gasteiger partial charge in [-0.3, -0.25) is 14.5 Å². The quantitative estimate of drug-likeness (QED) is 0.375. The average Bonchev–Trinajstić information content (AvgIpc) is 3.17. The molecule has 0 radical (unpaired) electrons. The molecule has 6 aliphatic rings. The van der Waals surface area contributed by atoms with Gasteiger partial charge in [-0.2, -0.15) is 0 Å². The number of piperidine rings is 1. The van der Waals surface area contributed by atoms with Crippen molar-refractivity contribution in [1.82, 2.24) is 4.90 Å². The van der Waals surface area contributed by atoms with Crippen molar-refractivity contribution in [3.8, 4) is 0 Å². The third-order valence-electron chi connectivity index (χ3n) is 10.9. The van der Waals surface area contributed by atoms with E-state index in [-0.39, 0.29) is 18.3 Å². The first kappa shape index (κ1) is 23.9. The van der Waals surface area contributed by atoms with Crippen LogP contribution in [-0.2, 0) is 23.8 Å². The molecule has 9 nitrogen and oxygen atoms in total. The minimum absolute atomic E-state index is 0.137. The normalized spacial score (nSPS) is 57.2. The number of aliphatic hydroxyl groups is 3. The highest BCUT2D eigenvalue weighted by molar-refractivity contribution is 5.67. The van der Waals surface area contributed by atoms with E-state index in [2.05, 4.69) is 11.8 Å². The monoisotopic (exact) mass is 491 g/mol. The molecule has 3 N–H and O–H groups in total. The van der Waals surface area contributed by atoms with Gasteiger partial charge in [0, 0.05) is 62.5 Å². The minimum Gasteiger partial charge on any atom is -0.462 e. The van der Waals surface area contributed by atoms with E-state index in [4.69, 9.17) is 14.2 Å². The molecule has 9 heteroatoms. The lowest BCUT2D eigenvalue weighted by Gasteiger charge is -2.68. The number of rotatable bonds is 4. The molecule has 5 aliphatic carbocycles. The number of likely N-dealkylation sites (N-methyl/N-ethyl adjacent to an activating group) is 1. The Morgan fingerprint density at radius 2 is 1.86 bits per heavy atom. The number of nitrogens with zero attached hydrogens (tertiary/aromatic N) is 1. The van der Waals surface area contributed by atoms with Crippen LogP contribution in [0.3, 0.4) is 0 Å². The molecule has 7 bridgehead atoms. The molecule has 3 unspecified atom stereocenters. The first-order valence-electron chi connectivity index (χ1n) is 12.8. The van der Waals surface area contributed by atoms with Crippen LogP contribution < -0.4 is 0 Å². The van der Waals surface area contributed by atoms with Crippen LogP contribution >= 0.6 is 0 Å². The van der Waals surface area contributed by atoms with Gasteiger partial charge in [0.15, 0.2) is 0 Å². The van der Waals surface area contributed by atoms with Crippen LogP contribution in [-0.4, -0.2) is 94.0 Å². The van der Waals surface area contributed by atoms with Gasteiger partial charge in [-0.1, -0.05) is 26.0 Å². The maximum atomic E-state index is 12.9. The fourth-order valence-corrected chi connectivity index (χ4v) is 10.3. The molecule has 0 aromatic heterocycles. The molecule has 1 spiro atoms. The van der Waals surface area contributed by atoms with Crippen molar-refractivity contribution in [2.24, 2.45) is 34.5 Å². The zero-order valence-corrected chi connectivity index (χ0v) is 21.0. The summed E-state index contributed by atoms with van der Waals surface area (Å²) in [5.41, 5.74) is -5.03. The number of likely N-dealkylation sites (tertiary alicyclic amines) is 1. The maximum absolute atomic E-state index is 12.9. The number of methoxy groups -OCH3 is 1. The van der Waals surface area contributed by atoms with E-state index < -0.39 is 76.3 Å². The highest BCUT2D eigenvalue weighted by Crippen LogP contribution is 2.79. The summed E-state index contributed by atoms with van der Waals surface area (Å²) in [4.78, 5) is 26.8. The lowest BCUT2D eigenvalue weighted by Crippen LogP contribution is -2.81. The molecule has 1 saturated heterocycles. The summed E-state index contributed by atoms with van der Waals surface area (Å²) in [6.07, 6.45) is 1.47. The van der Waals surface area contributed by atoms with Crippen LogP contribution in [0.15, 0.2) is 12.2 Å². The standard InChI is InChI=1S/C26H37NO8/c1-6-27-11-23(4)8-7-17(30)25-15-9-14-16(33-5)10-24(31,18(15)19(14)34-12(2)28)26(32,22(25)27)21(20(23)25)35-13(3)29/h7-8,14-22,30-32H,6,9-11H2,1-5H3/t14-,15?,16+,17+,18?,19+,20-,21+,22?,23+,24-,25+,26-/m1/s1. The summed E-state index contributed by atoms with van der Waals surface area (Å²) in [6.45, 7) is 7.98. The molecule has 35 heavy (non-hydrogen) atoms. The van der Waals surface area contributed by atoms with Gasteiger partial charge < -0.3 is 29.5 Å². The van der Waals surface area contributed by atoms with Crippen molar-refractivity contribution in [1.29, 1.82) is 0 Å². The van der Waals surface area contributed by atoms with Crippen molar-refractivity contribution in [2.45, 2.75) is 82.2 Å². The molecule has 6 rings (SSSR count). The van der Waals surface area contributed by atoms with E-state index >= 15 is 0 Å². The third kappa shape index (κ3) is 2.43. The van der Waals surface area contributed by atoms with Gasteiger partial charge in [-0.05, 0) is 18.9 Å². The molecule has 13 atom stereocenters. The molecular weight excluding hydrogens is 454 g/mol. The van der Waals surface area contributed by atoms with Gasteiger partial charge in [-0.25, -0.2) is 0 Å². The first-order valence-corrected chi connectivity index (χ1v) is 12.8. The van der Waals surface area contributed by atoms with Crippen molar-refractivity contribution in [3.05, 3.63) is 12.2 Å². The zero-order chi connectivity index (χ0) is 25.3. The molecular formula is C26H37NO8. The van der Waals surface area contributed by atoms with Gasteiger partial charge in [0.1, 0.15) is 23.4 Å². The van der Waals surface area contributed by atoms with Gasteiger partial charge >= 0.3 is 11.9 Å². The zero-order valence-electron chi connectivity index (χ0n) is 21.0. The minimum atomic E-state index is -1.89. The Morgan fingerprint density at radius 1 is 1.17 bits per heavy atom. The van der Waals surface area contributed by atoms with Gasteiger partial charge in [0.05, 0.1) is 18.2 Å². The SMILES string of the molecule is CCN1C[C@]2(C)C=C[C@H](O)[C@]34C5C[C@@H]6[C@@H](OC)C[C@@](O)(C5[C@H]6OC(C)=O)[C@](O)(C13)[C@@H](OC(C)=O)[C@@H]42. The van der Waals surface area contributed by atoms with E-state index in [1.807, 2.05) is 19.1 Å². The van der Waals surface area contributed by atoms with E-state index in [0.717, 1.165) is 0 Å². The fourth-order valence-electron chi connectivity index (χ4n) is 10.3. The smallest absolute Gasteiger partial charge is 0.303 e. The number of hydrogen-bond donors (Lipinski definition) is 3. The van der Waals surface area contributed by atoms with Gasteiger partial charge in [-0.15, -0.1) is 0 Å². The lowest BCUT2D eigenvalue weighted by atomic mass is 9.44. The Balaban J connectivity index is 1.67. The van der Waals surface area contributed by atoms with Crippen molar-refractivity contribution >= 4 is 11.9 Å². The third-order valence-corrected chi connectivity index (χ3v) is 10.9. The van der Waals surface area contributed by atoms with Crippen LogP contribution in [0.25, 0.3) is 0 Å². The highest BCUT2D eigenvalue weighted by Gasteiger charge is 2.91. The van der Waals surface area contributed by atoms with E-state index in [1.54, 1.807) is 7.11 Å². The summed E-state index contributed by atoms with van der Waals surface area (Å²) < 4.78 is 17.7. The second kappa shape index (κ2) is 7.07. The summed E-state index contributed by atoms with van der Waals surface area (Å²) >= 11 is 0. The predicted octanol–water partition coefficient (Wildman–Crippen LogP) is 0.254. The van der Waals surface area contributed by atoms with Crippen LogP contribution in [0.5, 0.6) is 0 Å². The summed E-state index contributed by atoms with van der Waals surface area (Å²) in [5.74, 6) is -2.45. The van der Waals surface area contributed by atoms with Crippen LogP contribution in [0.4, 0.5) is 0 Å². The average molecular weight is 492 g/mol. The molecule has 0 amide bonds. The number of carbonyl (C=O) groups excluding carboxylic acids is 2. The summed E-state index contributed by atoms with van der Waals surface area (Å²) in [6, 6.07) is -0.638. The molecule has 5 fully saturated rings. The molecule has 1 heterocycles. The Morgan fingerprint density at radius 3 is 2.46 bits per heavy atom. The van der Waals surface area contributed by atoms with Crippen LogP contribution in [0.2, 0.25) is 0 Å². The predicted molar refractivity (Wildman–Crippen MR) is 122 cm³/mol. The first-order chi connectivity index (χ1) is 16.4. The number of fused-ring (bicyclic) bond motifs is 2. The molecule has 0 aromatic carbocycles. The van der Waals surface area contributed by atoms with E-state index in [1.165, 1.54) is 13.8 Å².